The van der Waals surface area contributed by atoms with Crippen molar-refractivity contribution in [1.29, 1.82) is 0 Å². The third kappa shape index (κ3) is 4.21. The molecule has 1 aromatic heterocycles. The minimum absolute atomic E-state index is 0.00282. The van der Waals surface area contributed by atoms with E-state index in [4.69, 9.17) is 4.74 Å². The van der Waals surface area contributed by atoms with Gasteiger partial charge >= 0.3 is 11.5 Å². The summed E-state index contributed by atoms with van der Waals surface area (Å²) in [7, 11) is 0. The molecule has 0 spiro atoms. The molecule has 0 unspecified atom stereocenters. The average Bonchev–Trinajstić information content (AvgIpc) is 2.59. The van der Waals surface area contributed by atoms with Crippen LogP contribution in [-0.4, -0.2) is 38.6 Å². The summed E-state index contributed by atoms with van der Waals surface area (Å²) in [5.74, 6) is -0.595. The van der Waals surface area contributed by atoms with Crippen LogP contribution < -0.4 is 0 Å². The van der Waals surface area contributed by atoms with Crippen molar-refractivity contribution < 1.29 is 22.7 Å². The molecule has 102 valence electrons. The first kappa shape index (κ1) is 14.8. The second-order valence-corrected chi connectivity index (χ2v) is 4.40. The first-order valence-corrected chi connectivity index (χ1v) is 6.11. The number of nitrogens with zero attached hydrogens (tertiary/aromatic N) is 3. The van der Waals surface area contributed by atoms with Crippen LogP contribution in [-0.2, 0) is 11.3 Å². The van der Waals surface area contributed by atoms with E-state index in [2.05, 4.69) is 10.2 Å². The van der Waals surface area contributed by atoms with Crippen LogP contribution >= 0.6 is 11.8 Å². The molecular formula is C9H12F3N3O2S. The average molecular weight is 283 g/mol. The summed E-state index contributed by atoms with van der Waals surface area (Å²) >= 11 is -0.154. The van der Waals surface area contributed by atoms with Crippen molar-refractivity contribution in [2.24, 2.45) is 0 Å². The summed E-state index contributed by atoms with van der Waals surface area (Å²) < 4.78 is 42.0. The Balaban J connectivity index is 2.70. The minimum Gasteiger partial charge on any atom is -0.460 e. The molecule has 0 bridgehead atoms. The van der Waals surface area contributed by atoms with Gasteiger partial charge < -0.3 is 9.30 Å². The van der Waals surface area contributed by atoms with Gasteiger partial charge in [0.1, 0.15) is 5.82 Å². The SMILES string of the molecule is CCOC(=O)c1nnc(C)n1CCSC(F)(F)F. The van der Waals surface area contributed by atoms with E-state index in [1.54, 1.807) is 13.8 Å². The van der Waals surface area contributed by atoms with Gasteiger partial charge in [0.05, 0.1) is 6.61 Å². The van der Waals surface area contributed by atoms with Gasteiger partial charge in [-0.05, 0) is 25.6 Å². The zero-order valence-electron chi connectivity index (χ0n) is 9.82. The zero-order chi connectivity index (χ0) is 13.8. The van der Waals surface area contributed by atoms with Crippen molar-refractivity contribution in [3.8, 4) is 0 Å². The number of esters is 1. The first-order chi connectivity index (χ1) is 8.35. The molecule has 0 N–H and O–H groups in total. The van der Waals surface area contributed by atoms with Crippen molar-refractivity contribution in [2.45, 2.75) is 25.9 Å². The van der Waals surface area contributed by atoms with E-state index in [1.807, 2.05) is 0 Å². The highest BCUT2D eigenvalue weighted by molar-refractivity contribution is 8.00. The Bertz CT molecular complexity index is 420. The fourth-order valence-corrected chi connectivity index (χ4v) is 1.75. The molecule has 0 amide bonds. The number of halogens is 3. The number of hydrogen-bond acceptors (Lipinski definition) is 5. The van der Waals surface area contributed by atoms with Crippen LogP contribution in [0.25, 0.3) is 0 Å². The number of ether oxygens (including phenoxy) is 1. The molecule has 0 atom stereocenters. The second kappa shape index (κ2) is 6.07. The first-order valence-electron chi connectivity index (χ1n) is 5.12. The van der Waals surface area contributed by atoms with Gasteiger partial charge in [-0.2, -0.15) is 13.2 Å². The molecule has 0 aliphatic rings. The third-order valence-corrected chi connectivity index (χ3v) is 2.69. The maximum absolute atomic E-state index is 12.0. The Morgan fingerprint density at radius 1 is 1.44 bits per heavy atom. The van der Waals surface area contributed by atoms with Crippen molar-refractivity contribution in [2.75, 3.05) is 12.4 Å². The van der Waals surface area contributed by atoms with E-state index < -0.39 is 11.5 Å². The smallest absolute Gasteiger partial charge is 0.441 e. The van der Waals surface area contributed by atoms with E-state index in [0.717, 1.165) is 0 Å². The molecular weight excluding hydrogens is 271 g/mol. The molecule has 5 nitrogen and oxygen atoms in total. The monoisotopic (exact) mass is 283 g/mol. The molecule has 9 heteroatoms. The Morgan fingerprint density at radius 2 is 2.11 bits per heavy atom. The van der Waals surface area contributed by atoms with Gasteiger partial charge in [0.15, 0.2) is 0 Å². The highest BCUT2D eigenvalue weighted by atomic mass is 32.2. The predicted molar refractivity (Wildman–Crippen MR) is 59.2 cm³/mol. The summed E-state index contributed by atoms with van der Waals surface area (Å²) in [6.07, 6.45) is 0. The van der Waals surface area contributed by atoms with E-state index in [1.165, 1.54) is 4.57 Å². The van der Waals surface area contributed by atoms with Gasteiger partial charge in [0, 0.05) is 12.3 Å². The summed E-state index contributed by atoms with van der Waals surface area (Å²) in [6, 6.07) is 0. The predicted octanol–water partition coefficient (Wildman–Crippen LogP) is 2.02. The lowest BCUT2D eigenvalue weighted by atomic mass is 10.5. The van der Waals surface area contributed by atoms with Gasteiger partial charge in [-0.25, -0.2) is 4.79 Å². The summed E-state index contributed by atoms with van der Waals surface area (Å²) in [6.45, 7) is 3.36. The number of carbonyl (C=O) groups is 1. The van der Waals surface area contributed by atoms with E-state index in [0.29, 0.717) is 5.82 Å². The Hall–Kier alpha value is -1.25. The third-order valence-electron chi connectivity index (χ3n) is 1.97. The molecule has 0 saturated heterocycles. The molecule has 1 heterocycles. The van der Waals surface area contributed by atoms with Crippen LogP contribution in [0.1, 0.15) is 23.4 Å². The lowest BCUT2D eigenvalue weighted by molar-refractivity contribution is -0.0328. The highest BCUT2D eigenvalue weighted by Crippen LogP contribution is 2.30. The molecule has 0 aromatic carbocycles. The van der Waals surface area contributed by atoms with E-state index >= 15 is 0 Å². The lowest BCUT2D eigenvalue weighted by Gasteiger charge is -2.09. The zero-order valence-corrected chi connectivity index (χ0v) is 10.6. The van der Waals surface area contributed by atoms with Crippen molar-refractivity contribution in [1.82, 2.24) is 14.8 Å². The van der Waals surface area contributed by atoms with E-state index in [9.17, 15) is 18.0 Å². The molecule has 0 aliphatic carbocycles. The van der Waals surface area contributed by atoms with Crippen LogP contribution in [0.5, 0.6) is 0 Å². The molecule has 18 heavy (non-hydrogen) atoms. The Kier molecular flexibility index (Phi) is 5.00. The summed E-state index contributed by atoms with van der Waals surface area (Å²) in [5.41, 5.74) is -4.29. The lowest BCUT2D eigenvalue weighted by Crippen LogP contribution is -2.16. The Morgan fingerprint density at radius 3 is 2.67 bits per heavy atom. The van der Waals surface area contributed by atoms with Crippen molar-refractivity contribution >= 4 is 17.7 Å². The van der Waals surface area contributed by atoms with Crippen LogP contribution in [0.4, 0.5) is 13.2 Å². The molecule has 0 aliphatic heterocycles. The fourth-order valence-electron chi connectivity index (χ4n) is 1.25. The number of alkyl halides is 3. The topological polar surface area (TPSA) is 57.0 Å². The molecule has 1 rings (SSSR count). The van der Waals surface area contributed by atoms with Crippen molar-refractivity contribution in [3.63, 3.8) is 0 Å². The second-order valence-electron chi connectivity index (χ2n) is 3.24. The summed E-state index contributed by atoms with van der Waals surface area (Å²) in [4.78, 5) is 11.5. The quantitative estimate of drug-likeness (QED) is 0.774. The molecule has 0 saturated carbocycles. The van der Waals surface area contributed by atoms with Crippen LogP contribution in [0, 0.1) is 6.92 Å². The van der Waals surface area contributed by atoms with Gasteiger partial charge in [-0.3, -0.25) is 0 Å². The van der Waals surface area contributed by atoms with Gasteiger partial charge in [0.2, 0.25) is 5.82 Å². The fraction of sp³-hybridized carbons (Fsp3) is 0.667. The van der Waals surface area contributed by atoms with Crippen LogP contribution in [0.3, 0.4) is 0 Å². The standard InChI is InChI=1S/C9H12F3N3O2S/c1-3-17-8(16)7-14-13-6(2)15(7)4-5-18-9(10,11)12/h3-5H2,1-2H3. The largest absolute Gasteiger partial charge is 0.460 e. The number of thioether (sulfide) groups is 1. The van der Waals surface area contributed by atoms with Crippen LogP contribution in [0.15, 0.2) is 0 Å². The van der Waals surface area contributed by atoms with Crippen molar-refractivity contribution in [3.05, 3.63) is 11.6 Å². The number of aromatic nitrogens is 3. The normalized spacial score (nSPS) is 11.6. The molecule has 0 fully saturated rings. The molecule has 0 radical (unpaired) electrons. The van der Waals surface area contributed by atoms with Gasteiger partial charge in [-0.15, -0.1) is 10.2 Å². The van der Waals surface area contributed by atoms with Gasteiger partial charge in [-0.1, -0.05) is 0 Å². The van der Waals surface area contributed by atoms with Gasteiger partial charge in [0.25, 0.3) is 0 Å². The maximum atomic E-state index is 12.0. The molecule has 1 aromatic rings. The highest BCUT2D eigenvalue weighted by Gasteiger charge is 2.28. The van der Waals surface area contributed by atoms with E-state index in [-0.39, 0.29) is 36.5 Å². The number of aryl methyl sites for hydroxylation is 1. The number of carbonyl (C=O) groups excluding carboxylic acids is 1. The minimum atomic E-state index is -4.29. The van der Waals surface area contributed by atoms with Crippen LogP contribution in [0.2, 0.25) is 0 Å². The maximum Gasteiger partial charge on any atom is 0.441 e. The number of rotatable bonds is 5. The Labute approximate surface area is 106 Å². The summed E-state index contributed by atoms with van der Waals surface area (Å²) in [5, 5.41) is 7.25. The number of hydrogen-bond donors (Lipinski definition) is 0.